The molecule has 0 aromatic carbocycles. The molecule has 2 heterocycles. The molecular formula is C11H15FN4O3. The van der Waals surface area contributed by atoms with Crippen molar-refractivity contribution in [2.24, 2.45) is 0 Å². The third kappa shape index (κ3) is 2.37. The number of hydrogen-bond acceptors (Lipinski definition) is 6. The molecule has 4 N–H and O–H groups in total. The maximum absolute atomic E-state index is 14.3. The van der Waals surface area contributed by atoms with Crippen molar-refractivity contribution in [1.82, 2.24) is 14.6 Å². The van der Waals surface area contributed by atoms with Crippen molar-refractivity contribution in [2.45, 2.75) is 18.4 Å². The summed E-state index contributed by atoms with van der Waals surface area (Å²) in [5, 5.41) is 22.7. The Morgan fingerprint density at radius 3 is 2.89 bits per heavy atom. The van der Waals surface area contributed by atoms with Crippen molar-refractivity contribution >= 4 is 11.3 Å². The van der Waals surface area contributed by atoms with Gasteiger partial charge in [0.1, 0.15) is 24.1 Å². The predicted octanol–water partition coefficient (Wildman–Crippen LogP) is -0.310. The minimum atomic E-state index is -1.77. The smallest absolute Gasteiger partial charge is 0.170 e. The number of aromatic nitrogens is 3. The van der Waals surface area contributed by atoms with Crippen molar-refractivity contribution in [3.8, 4) is 0 Å². The van der Waals surface area contributed by atoms with Gasteiger partial charge in [0.25, 0.3) is 0 Å². The van der Waals surface area contributed by atoms with E-state index in [0.717, 1.165) is 0 Å². The van der Waals surface area contributed by atoms with E-state index in [2.05, 4.69) is 10.1 Å². The number of alkyl halides is 1. The Balaban J connectivity index is 2.36. The van der Waals surface area contributed by atoms with E-state index in [1.165, 1.54) is 24.0 Å². The van der Waals surface area contributed by atoms with Crippen molar-refractivity contribution < 1.29 is 19.3 Å². The van der Waals surface area contributed by atoms with Gasteiger partial charge in [0.05, 0.1) is 12.3 Å². The Morgan fingerprint density at radius 1 is 1.53 bits per heavy atom. The molecule has 0 aliphatic rings. The topological polar surface area (TPSA) is 106 Å². The van der Waals surface area contributed by atoms with Gasteiger partial charge in [-0.2, -0.15) is 5.10 Å². The first-order valence-electron chi connectivity index (χ1n) is 5.64. The van der Waals surface area contributed by atoms with Crippen molar-refractivity contribution in [2.75, 3.05) is 19.5 Å². The number of nitrogens with zero attached hydrogens (tertiary/aromatic N) is 3. The number of hydrogen-bond donors (Lipinski definition) is 3. The molecule has 0 radical (unpaired) electrons. The molecule has 0 aliphatic carbocycles. The van der Waals surface area contributed by atoms with E-state index >= 15 is 0 Å². The molecule has 104 valence electrons. The summed E-state index contributed by atoms with van der Waals surface area (Å²) in [5.74, 6) is 0.216. The molecule has 2 aromatic rings. The van der Waals surface area contributed by atoms with Crippen LogP contribution in [0.4, 0.5) is 10.2 Å². The lowest BCUT2D eigenvalue weighted by atomic mass is 10.1. The summed E-state index contributed by atoms with van der Waals surface area (Å²) in [6.45, 7) is -0.488. The molecule has 0 unspecified atom stereocenters. The number of halogens is 1. The lowest BCUT2D eigenvalue weighted by Crippen LogP contribution is -2.35. The number of rotatable bonds is 5. The monoisotopic (exact) mass is 270 g/mol. The fourth-order valence-corrected chi connectivity index (χ4v) is 1.87. The molecule has 0 spiro atoms. The van der Waals surface area contributed by atoms with Crippen LogP contribution in [-0.2, 0) is 4.74 Å². The second kappa shape index (κ2) is 5.47. The van der Waals surface area contributed by atoms with Crippen LogP contribution < -0.4 is 5.73 Å². The van der Waals surface area contributed by atoms with Gasteiger partial charge in [-0.3, -0.25) is 0 Å². The summed E-state index contributed by atoms with van der Waals surface area (Å²) < 4.78 is 20.4. The minimum Gasteiger partial charge on any atom is -0.394 e. The zero-order valence-electron chi connectivity index (χ0n) is 10.3. The summed E-state index contributed by atoms with van der Waals surface area (Å²) in [4.78, 5) is 3.79. The maximum atomic E-state index is 14.3. The molecule has 8 heteroatoms. The van der Waals surface area contributed by atoms with Gasteiger partial charge in [0.15, 0.2) is 12.0 Å². The van der Waals surface area contributed by atoms with Crippen LogP contribution in [0.2, 0.25) is 0 Å². The Hall–Kier alpha value is -1.77. The molecule has 2 aromatic heterocycles. The summed E-state index contributed by atoms with van der Waals surface area (Å²) in [7, 11) is 1.28. The molecular weight excluding hydrogens is 255 g/mol. The van der Waals surface area contributed by atoms with E-state index in [9.17, 15) is 9.50 Å². The number of methoxy groups -OCH3 is 1. The second-order valence-electron chi connectivity index (χ2n) is 4.05. The Labute approximate surface area is 108 Å². The molecule has 19 heavy (non-hydrogen) atoms. The minimum absolute atomic E-state index is 0.118. The summed E-state index contributed by atoms with van der Waals surface area (Å²) >= 11 is 0. The standard InChI is InChI=1S/C11H15FN4O3/c1-19-8(4-17)10(18)9(12)6-2-3-7-11(13)14-5-15-16(6)7/h2-3,5,8-10,17-18H,4H2,1H3,(H2,13,14,15)/t8-,9+,10-/m1/s1. The van der Waals surface area contributed by atoms with Crippen LogP contribution in [0.25, 0.3) is 5.52 Å². The first-order chi connectivity index (χ1) is 9.10. The molecule has 0 saturated carbocycles. The van der Waals surface area contributed by atoms with Crippen molar-refractivity contribution in [1.29, 1.82) is 0 Å². The van der Waals surface area contributed by atoms with Gasteiger partial charge in [-0.25, -0.2) is 13.9 Å². The molecule has 2 rings (SSSR count). The van der Waals surface area contributed by atoms with E-state index in [1.807, 2.05) is 0 Å². The van der Waals surface area contributed by atoms with E-state index < -0.39 is 25.0 Å². The Morgan fingerprint density at radius 2 is 2.26 bits per heavy atom. The second-order valence-corrected chi connectivity index (χ2v) is 4.05. The highest BCUT2D eigenvalue weighted by Gasteiger charge is 2.31. The third-order valence-electron chi connectivity index (χ3n) is 2.96. The molecule has 7 nitrogen and oxygen atoms in total. The highest BCUT2D eigenvalue weighted by molar-refractivity contribution is 5.65. The number of nitrogen functional groups attached to an aromatic ring is 1. The molecule has 0 amide bonds. The van der Waals surface area contributed by atoms with Crippen LogP contribution in [0.1, 0.15) is 11.9 Å². The van der Waals surface area contributed by atoms with E-state index in [-0.39, 0.29) is 11.5 Å². The zero-order chi connectivity index (χ0) is 14.0. The normalized spacial score (nSPS) is 16.4. The third-order valence-corrected chi connectivity index (χ3v) is 2.96. The van der Waals surface area contributed by atoms with Gasteiger partial charge >= 0.3 is 0 Å². The zero-order valence-corrected chi connectivity index (χ0v) is 10.3. The van der Waals surface area contributed by atoms with Crippen LogP contribution in [0.15, 0.2) is 18.5 Å². The van der Waals surface area contributed by atoms with Gasteiger partial charge in [0, 0.05) is 7.11 Å². The van der Waals surface area contributed by atoms with E-state index in [4.69, 9.17) is 15.6 Å². The first kappa shape index (κ1) is 13.7. The Kier molecular flexibility index (Phi) is 3.93. The van der Waals surface area contributed by atoms with Gasteiger partial charge in [-0.1, -0.05) is 0 Å². The summed E-state index contributed by atoms with van der Waals surface area (Å²) in [6, 6.07) is 3.02. The number of fused-ring (bicyclic) bond motifs is 1. The lowest BCUT2D eigenvalue weighted by molar-refractivity contribution is -0.0741. The fourth-order valence-electron chi connectivity index (χ4n) is 1.87. The summed E-state index contributed by atoms with van der Waals surface area (Å²) in [6.07, 6.45) is -3.09. The van der Waals surface area contributed by atoms with Crippen LogP contribution in [-0.4, -0.2) is 50.7 Å². The number of aliphatic hydroxyl groups excluding tert-OH is 2. The molecule has 0 saturated heterocycles. The van der Waals surface area contributed by atoms with E-state index in [1.54, 1.807) is 6.07 Å². The predicted molar refractivity (Wildman–Crippen MR) is 65.1 cm³/mol. The van der Waals surface area contributed by atoms with Crippen molar-refractivity contribution in [3.05, 3.63) is 24.2 Å². The summed E-state index contributed by atoms with van der Waals surface area (Å²) in [5.41, 5.74) is 6.20. The maximum Gasteiger partial charge on any atom is 0.170 e. The highest BCUT2D eigenvalue weighted by Crippen LogP contribution is 2.26. The van der Waals surface area contributed by atoms with Crippen LogP contribution in [0.5, 0.6) is 0 Å². The van der Waals surface area contributed by atoms with Crippen molar-refractivity contribution in [3.63, 3.8) is 0 Å². The van der Waals surface area contributed by atoms with Crippen LogP contribution in [0.3, 0.4) is 0 Å². The lowest BCUT2D eigenvalue weighted by Gasteiger charge is -2.22. The quantitative estimate of drug-likeness (QED) is 0.688. The largest absolute Gasteiger partial charge is 0.394 e. The molecule has 0 aliphatic heterocycles. The van der Waals surface area contributed by atoms with Crippen LogP contribution in [0, 0.1) is 0 Å². The molecule has 3 atom stereocenters. The fraction of sp³-hybridized carbons (Fsp3) is 0.455. The number of nitrogens with two attached hydrogens (primary N) is 1. The van der Waals surface area contributed by atoms with E-state index in [0.29, 0.717) is 5.52 Å². The average molecular weight is 270 g/mol. The first-order valence-corrected chi connectivity index (χ1v) is 5.64. The Bertz CT molecular complexity index is 558. The van der Waals surface area contributed by atoms with Gasteiger partial charge < -0.3 is 20.7 Å². The number of ether oxygens (including phenoxy) is 1. The van der Waals surface area contributed by atoms with Crippen LogP contribution >= 0.6 is 0 Å². The highest BCUT2D eigenvalue weighted by atomic mass is 19.1. The number of aliphatic hydroxyl groups is 2. The average Bonchev–Trinajstić information content (AvgIpc) is 2.84. The number of anilines is 1. The van der Waals surface area contributed by atoms with Gasteiger partial charge in [-0.15, -0.1) is 0 Å². The SMILES string of the molecule is CO[C@H](CO)[C@@H](O)[C@@H](F)c1ccc2c(N)ncnn12. The molecule has 0 bridgehead atoms. The van der Waals surface area contributed by atoms with Gasteiger partial charge in [0.2, 0.25) is 0 Å². The van der Waals surface area contributed by atoms with Gasteiger partial charge in [-0.05, 0) is 12.1 Å². The molecule has 0 fully saturated rings.